The zero-order chi connectivity index (χ0) is 19.1. The van der Waals surface area contributed by atoms with Crippen LogP contribution < -0.4 is 10.1 Å². The summed E-state index contributed by atoms with van der Waals surface area (Å²) in [5, 5.41) is 2.84. The Bertz CT molecular complexity index is 750. The molecule has 0 aliphatic rings. The van der Waals surface area contributed by atoms with Crippen LogP contribution in [-0.4, -0.2) is 35.9 Å². The van der Waals surface area contributed by atoms with E-state index in [1.54, 1.807) is 53.4 Å². The second-order valence-electron chi connectivity index (χ2n) is 6.17. The lowest BCUT2D eigenvalue weighted by Crippen LogP contribution is -2.31. The minimum atomic E-state index is -0.263. The van der Waals surface area contributed by atoms with E-state index in [-0.39, 0.29) is 17.9 Å². The van der Waals surface area contributed by atoms with Crippen molar-refractivity contribution in [2.24, 2.45) is 0 Å². The molecule has 5 nitrogen and oxygen atoms in total. The highest BCUT2D eigenvalue weighted by atomic mass is 16.5. The van der Waals surface area contributed by atoms with Crippen LogP contribution in [0.15, 0.2) is 48.5 Å². The number of nitrogens with one attached hydrogen (secondary N) is 1. The van der Waals surface area contributed by atoms with Crippen LogP contribution in [0.4, 0.5) is 5.69 Å². The predicted molar refractivity (Wildman–Crippen MR) is 104 cm³/mol. The molecule has 2 amide bonds. The van der Waals surface area contributed by atoms with Gasteiger partial charge in [0.05, 0.1) is 17.4 Å². The maximum absolute atomic E-state index is 12.7. The SMILES string of the molecule is CCN(CC)C(=O)c1ccccc1NC(=O)c1ccc(OC(C)C)cc1. The summed E-state index contributed by atoms with van der Waals surface area (Å²) in [4.78, 5) is 26.9. The van der Waals surface area contributed by atoms with E-state index in [1.807, 2.05) is 27.7 Å². The Labute approximate surface area is 155 Å². The van der Waals surface area contributed by atoms with Gasteiger partial charge in [0, 0.05) is 18.7 Å². The fourth-order valence-corrected chi connectivity index (χ4v) is 2.61. The molecule has 0 unspecified atom stereocenters. The molecule has 2 aromatic rings. The molecule has 2 rings (SSSR count). The normalized spacial score (nSPS) is 10.5. The van der Waals surface area contributed by atoms with Gasteiger partial charge in [-0.2, -0.15) is 0 Å². The van der Waals surface area contributed by atoms with Gasteiger partial charge in [-0.15, -0.1) is 0 Å². The Kier molecular flexibility index (Phi) is 6.78. The van der Waals surface area contributed by atoms with Crippen LogP contribution in [0.25, 0.3) is 0 Å². The number of hydrogen-bond donors (Lipinski definition) is 1. The topological polar surface area (TPSA) is 58.6 Å². The Hall–Kier alpha value is -2.82. The van der Waals surface area contributed by atoms with Gasteiger partial charge in [-0.3, -0.25) is 9.59 Å². The molecule has 0 aromatic heterocycles. The summed E-state index contributed by atoms with van der Waals surface area (Å²) in [6.07, 6.45) is 0.0765. The van der Waals surface area contributed by atoms with E-state index in [4.69, 9.17) is 4.74 Å². The van der Waals surface area contributed by atoms with Gasteiger partial charge in [0.2, 0.25) is 0 Å². The van der Waals surface area contributed by atoms with Crippen molar-refractivity contribution in [2.75, 3.05) is 18.4 Å². The zero-order valence-electron chi connectivity index (χ0n) is 15.8. The average Bonchev–Trinajstić information content (AvgIpc) is 2.63. The quantitative estimate of drug-likeness (QED) is 0.810. The summed E-state index contributed by atoms with van der Waals surface area (Å²) in [6.45, 7) is 9.01. The Balaban J connectivity index is 2.18. The van der Waals surface area contributed by atoms with Crippen molar-refractivity contribution in [3.05, 3.63) is 59.7 Å². The number of carbonyl (C=O) groups excluding carboxylic acids is 2. The second-order valence-corrected chi connectivity index (χ2v) is 6.17. The Morgan fingerprint density at radius 3 is 2.19 bits per heavy atom. The van der Waals surface area contributed by atoms with Crippen molar-refractivity contribution in [3.63, 3.8) is 0 Å². The molecule has 5 heteroatoms. The summed E-state index contributed by atoms with van der Waals surface area (Å²) in [6, 6.07) is 14.0. The molecule has 0 spiro atoms. The van der Waals surface area contributed by atoms with Crippen LogP contribution in [0.3, 0.4) is 0 Å². The number of rotatable bonds is 7. The van der Waals surface area contributed by atoms with Crippen molar-refractivity contribution in [2.45, 2.75) is 33.8 Å². The van der Waals surface area contributed by atoms with Gasteiger partial charge >= 0.3 is 0 Å². The summed E-state index contributed by atoms with van der Waals surface area (Å²) in [5.74, 6) is 0.362. The van der Waals surface area contributed by atoms with Gasteiger partial charge in [0.25, 0.3) is 11.8 Å². The molecule has 0 fully saturated rings. The molecular weight excluding hydrogens is 328 g/mol. The molecule has 1 N–H and O–H groups in total. The lowest BCUT2D eigenvalue weighted by Gasteiger charge is -2.20. The maximum atomic E-state index is 12.7. The lowest BCUT2D eigenvalue weighted by molar-refractivity contribution is 0.0774. The van der Waals surface area contributed by atoms with Gasteiger partial charge in [-0.1, -0.05) is 12.1 Å². The summed E-state index contributed by atoms with van der Waals surface area (Å²) < 4.78 is 5.59. The van der Waals surface area contributed by atoms with Gasteiger partial charge in [0.1, 0.15) is 5.75 Å². The first-order valence-corrected chi connectivity index (χ1v) is 8.92. The first kappa shape index (κ1) is 19.5. The monoisotopic (exact) mass is 354 g/mol. The number of amides is 2. The third-order valence-electron chi connectivity index (χ3n) is 3.94. The van der Waals surface area contributed by atoms with Gasteiger partial charge in [-0.05, 0) is 64.1 Å². The Morgan fingerprint density at radius 1 is 1.00 bits per heavy atom. The van der Waals surface area contributed by atoms with Crippen molar-refractivity contribution < 1.29 is 14.3 Å². The van der Waals surface area contributed by atoms with Crippen LogP contribution >= 0.6 is 0 Å². The first-order chi connectivity index (χ1) is 12.5. The average molecular weight is 354 g/mol. The number of nitrogens with zero attached hydrogens (tertiary/aromatic N) is 1. The molecule has 26 heavy (non-hydrogen) atoms. The summed E-state index contributed by atoms with van der Waals surface area (Å²) in [7, 11) is 0. The van der Waals surface area contributed by atoms with E-state index < -0.39 is 0 Å². The third-order valence-corrected chi connectivity index (χ3v) is 3.94. The molecule has 2 aromatic carbocycles. The molecular formula is C21H26N2O3. The zero-order valence-corrected chi connectivity index (χ0v) is 15.8. The molecule has 0 saturated carbocycles. The number of carbonyl (C=O) groups is 2. The fraction of sp³-hybridized carbons (Fsp3) is 0.333. The first-order valence-electron chi connectivity index (χ1n) is 8.92. The molecule has 0 radical (unpaired) electrons. The van der Waals surface area contributed by atoms with Crippen molar-refractivity contribution >= 4 is 17.5 Å². The van der Waals surface area contributed by atoms with Crippen LogP contribution in [0.1, 0.15) is 48.4 Å². The fourth-order valence-electron chi connectivity index (χ4n) is 2.61. The van der Waals surface area contributed by atoms with Crippen molar-refractivity contribution in [1.82, 2.24) is 4.90 Å². The summed E-state index contributed by atoms with van der Waals surface area (Å²) >= 11 is 0. The molecule has 0 saturated heterocycles. The van der Waals surface area contributed by atoms with E-state index in [0.717, 1.165) is 0 Å². The molecule has 0 aliphatic carbocycles. The van der Waals surface area contributed by atoms with Crippen molar-refractivity contribution in [3.8, 4) is 5.75 Å². The van der Waals surface area contributed by atoms with E-state index in [1.165, 1.54) is 0 Å². The number of ether oxygens (including phenoxy) is 1. The van der Waals surface area contributed by atoms with Crippen LogP contribution in [0.5, 0.6) is 5.75 Å². The molecule has 0 atom stereocenters. The number of para-hydroxylation sites is 1. The minimum absolute atomic E-state index is 0.0765. The van der Waals surface area contributed by atoms with Crippen LogP contribution in [0, 0.1) is 0 Å². The molecule has 0 bridgehead atoms. The van der Waals surface area contributed by atoms with E-state index in [0.29, 0.717) is 35.7 Å². The maximum Gasteiger partial charge on any atom is 0.255 e. The molecule has 0 aliphatic heterocycles. The number of hydrogen-bond acceptors (Lipinski definition) is 3. The minimum Gasteiger partial charge on any atom is -0.491 e. The highest BCUT2D eigenvalue weighted by molar-refractivity contribution is 6.09. The molecule has 0 heterocycles. The van der Waals surface area contributed by atoms with E-state index in [9.17, 15) is 9.59 Å². The van der Waals surface area contributed by atoms with Crippen LogP contribution in [0.2, 0.25) is 0 Å². The van der Waals surface area contributed by atoms with Crippen LogP contribution in [-0.2, 0) is 0 Å². The van der Waals surface area contributed by atoms with Crippen molar-refractivity contribution in [1.29, 1.82) is 0 Å². The predicted octanol–water partition coefficient (Wildman–Crippen LogP) is 4.21. The standard InChI is InChI=1S/C21H26N2O3/c1-5-23(6-2)21(25)18-9-7-8-10-19(18)22-20(24)16-11-13-17(14-12-16)26-15(3)4/h7-15H,5-6H2,1-4H3,(H,22,24). The largest absolute Gasteiger partial charge is 0.491 e. The van der Waals surface area contributed by atoms with Gasteiger partial charge < -0.3 is 15.0 Å². The highest BCUT2D eigenvalue weighted by Crippen LogP contribution is 2.20. The highest BCUT2D eigenvalue weighted by Gasteiger charge is 2.17. The second kappa shape index (κ2) is 9.04. The number of anilines is 1. The van der Waals surface area contributed by atoms with E-state index in [2.05, 4.69) is 5.32 Å². The molecule has 138 valence electrons. The summed E-state index contributed by atoms with van der Waals surface area (Å²) in [5.41, 5.74) is 1.51. The number of benzene rings is 2. The Morgan fingerprint density at radius 2 is 1.62 bits per heavy atom. The van der Waals surface area contributed by atoms with E-state index >= 15 is 0 Å². The van der Waals surface area contributed by atoms with Gasteiger partial charge in [-0.25, -0.2) is 0 Å². The third kappa shape index (κ3) is 4.85. The smallest absolute Gasteiger partial charge is 0.255 e. The lowest BCUT2D eigenvalue weighted by atomic mass is 10.1. The van der Waals surface area contributed by atoms with Gasteiger partial charge in [0.15, 0.2) is 0 Å².